The van der Waals surface area contributed by atoms with Crippen molar-refractivity contribution >= 4 is 21.5 Å². The van der Waals surface area contributed by atoms with Gasteiger partial charge in [0.1, 0.15) is 0 Å². The lowest BCUT2D eigenvalue weighted by molar-refractivity contribution is 1.08. The summed E-state index contributed by atoms with van der Waals surface area (Å²) in [4.78, 5) is 15.0. The third kappa shape index (κ3) is 3.12. The summed E-state index contributed by atoms with van der Waals surface area (Å²) in [5.74, 6) is 2.03. The van der Waals surface area contributed by atoms with Crippen molar-refractivity contribution in [2.45, 2.75) is 0 Å². The molecule has 1 aliphatic carbocycles. The lowest BCUT2D eigenvalue weighted by Crippen LogP contribution is -2.00. The van der Waals surface area contributed by atoms with E-state index in [0.29, 0.717) is 17.5 Å². The number of hydrogen-bond donors (Lipinski definition) is 0. The van der Waals surface area contributed by atoms with Gasteiger partial charge in [0.05, 0.1) is 0 Å². The van der Waals surface area contributed by atoms with Crippen LogP contribution in [-0.2, 0) is 0 Å². The van der Waals surface area contributed by atoms with Crippen LogP contribution in [0.15, 0.2) is 127 Å². The quantitative estimate of drug-likeness (QED) is 0.236. The number of rotatable bonds is 3. The van der Waals surface area contributed by atoms with Crippen molar-refractivity contribution in [1.29, 1.82) is 0 Å². The van der Waals surface area contributed by atoms with E-state index in [2.05, 4.69) is 66.7 Å². The van der Waals surface area contributed by atoms with Crippen molar-refractivity contribution in [3.8, 4) is 56.4 Å². The van der Waals surface area contributed by atoms with Gasteiger partial charge < -0.3 is 0 Å². The second-order valence-corrected chi connectivity index (χ2v) is 9.64. The van der Waals surface area contributed by atoms with Gasteiger partial charge in [0.2, 0.25) is 0 Å². The Bertz CT molecular complexity index is 1950. The molecule has 0 N–H and O–H groups in total. The summed E-state index contributed by atoms with van der Waals surface area (Å²) in [5, 5.41) is 4.88. The third-order valence-corrected chi connectivity index (χ3v) is 7.45. The first-order chi connectivity index (χ1) is 18.8. The van der Waals surface area contributed by atoms with Gasteiger partial charge in [-0.3, -0.25) is 0 Å². The number of hydrogen-bond acceptors (Lipinski definition) is 3. The zero-order valence-electron chi connectivity index (χ0n) is 20.5. The Labute approximate surface area is 220 Å². The summed E-state index contributed by atoms with van der Waals surface area (Å²) in [7, 11) is 0. The molecule has 0 unspecified atom stereocenters. The molecule has 0 bridgehead atoms. The average molecular weight is 484 g/mol. The van der Waals surface area contributed by atoms with Crippen molar-refractivity contribution < 1.29 is 0 Å². The molecule has 1 aromatic heterocycles. The SMILES string of the molecule is c1ccc(-c2nc(-c3ccccc3)nc(-c3ccc4c5c(cc6ccccc6c35)-c3ccccc3-4)n2)cc1. The first-order valence-corrected chi connectivity index (χ1v) is 12.8. The highest BCUT2D eigenvalue weighted by molar-refractivity contribution is 6.26. The summed E-state index contributed by atoms with van der Waals surface area (Å²) >= 11 is 0. The number of benzene rings is 6. The van der Waals surface area contributed by atoms with Crippen LogP contribution in [0, 0.1) is 0 Å². The van der Waals surface area contributed by atoms with E-state index in [4.69, 9.17) is 15.0 Å². The Morgan fingerprint density at radius 1 is 0.342 bits per heavy atom. The Kier molecular flexibility index (Phi) is 4.52. The predicted molar refractivity (Wildman–Crippen MR) is 156 cm³/mol. The van der Waals surface area contributed by atoms with Gasteiger partial charge in [-0.05, 0) is 50.5 Å². The standard InChI is InChI=1S/C35H21N3/c1-3-11-22(12-4-1)33-36-34(23-13-5-2-6-14-23)38-35(37-33)29-20-19-28-26-17-9-10-18-27(26)30-21-24-15-7-8-16-25(24)31(29)32(28)30/h1-21H. The van der Waals surface area contributed by atoms with Crippen LogP contribution in [0.25, 0.3) is 78.0 Å². The fraction of sp³-hybridized carbons (Fsp3) is 0. The topological polar surface area (TPSA) is 38.7 Å². The van der Waals surface area contributed by atoms with E-state index in [-0.39, 0.29) is 0 Å². The minimum Gasteiger partial charge on any atom is -0.208 e. The lowest BCUT2D eigenvalue weighted by atomic mass is 9.92. The molecule has 0 radical (unpaired) electrons. The van der Waals surface area contributed by atoms with E-state index < -0.39 is 0 Å². The molecule has 0 saturated carbocycles. The smallest absolute Gasteiger partial charge is 0.164 e. The molecule has 0 fully saturated rings. The van der Waals surface area contributed by atoms with Crippen LogP contribution in [0.2, 0.25) is 0 Å². The maximum Gasteiger partial charge on any atom is 0.164 e. The Balaban J connectivity index is 1.48. The van der Waals surface area contributed by atoms with Crippen LogP contribution in [0.4, 0.5) is 0 Å². The van der Waals surface area contributed by atoms with Crippen molar-refractivity contribution in [3.63, 3.8) is 0 Å². The minimum absolute atomic E-state index is 0.672. The van der Waals surface area contributed by atoms with Gasteiger partial charge in [0.25, 0.3) is 0 Å². The molecular formula is C35H21N3. The Hall–Kier alpha value is -5.15. The van der Waals surface area contributed by atoms with E-state index in [1.807, 2.05) is 60.7 Å². The lowest BCUT2D eigenvalue weighted by Gasteiger charge is -2.14. The first kappa shape index (κ1) is 21.0. The summed E-state index contributed by atoms with van der Waals surface area (Å²) in [5.41, 5.74) is 8.05. The summed E-state index contributed by atoms with van der Waals surface area (Å²) in [6, 6.07) is 44.4. The van der Waals surface area contributed by atoms with Crippen LogP contribution in [0.1, 0.15) is 0 Å². The van der Waals surface area contributed by atoms with Crippen LogP contribution in [0.5, 0.6) is 0 Å². The summed E-state index contributed by atoms with van der Waals surface area (Å²) < 4.78 is 0. The first-order valence-electron chi connectivity index (χ1n) is 12.8. The van der Waals surface area contributed by atoms with Crippen LogP contribution < -0.4 is 0 Å². The van der Waals surface area contributed by atoms with Gasteiger partial charge in [-0.2, -0.15) is 0 Å². The maximum absolute atomic E-state index is 5.06. The van der Waals surface area contributed by atoms with Crippen molar-refractivity contribution in [2.24, 2.45) is 0 Å². The van der Waals surface area contributed by atoms with Gasteiger partial charge >= 0.3 is 0 Å². The molecule has 0 atom stereocenters. The number of nitrogens with zero attached hydrogens (tertiary/aromatic N) is 3. The molecule has 3 nitrogen and oxygen atoms in total. The van der Waals surface area contributed by atoms with Gasteiger partial charge in [0, 0.05) is 22.1 Å². The molecule has 176 valence electrons. The summed E-state index contributed by atoms with van der Waals surface area (Å²) in [6.45, 7) is 0. The van der Waals surface area contributed by atoms with Gasteiger partial charge in [-0.15, -0.1) is 0 Å². The Morgan fingerprint density at radius 2 is 0.868 bits per heavy atom. The molecular weight excluding hydrogens is 462 g/mol. The van der Waals surface area contributed by atoms with E-state index in [9.17, 15) is 0 Å². The molecule has 8 rings (SSSR count). The molecule has 7 aromatic rings. The zero-order valence-corrected chi connectivity index (χ0v) is 20.5. The molecule has 1 aliphatic rings. The normalized spacial score (nSPS) is 11.7. The second kappa shape index (κ2) is 8.19. The molecule has 0 saturated heterocycles. The van der Waals surface area contributed by atoms with E-state index in [1.54, 1.807) is 0 Å². The zero-order chi connectivity index (χ0) is 25.1. The van der Waals surface area contributed by atoms with Crippen molar-refractivity contribution in [3.05, 3.63) is 127 Å². The minimum atomic E-state index is 0.672. The molecule has 0 spiro atoms. The highest BCUT2D eigenvalue weighted by Crippen LogP contribution is 2.51. The highest BCUT2D eigenvalue weighted by atomic mass is 15.0. The van der Waals surface area contributed by atoms with Crippen molar-refractivity contribution in [2.75, 3.05) is 0 Å². The van der Waals surface area contributed by atoms with Gasteiger partial charge in [0.15, 0.2) is 17.5 Å². The molecule has 1 heterocycles. The fourth-order valence-electron chi connectivity index (χ4n) is 5.75. The van der Waals surface area contributed by atoms with E-state index >= 15 is 0 Å². The molecule has 6 aromatic carbocycles. The number of aromatic nitrogens is 3. The van der Waals surface area contributed by atoms with E-state index in [0.717, 1.165) is 16.7 Å². The summed E-state index contributed by atoms with van der Waals surface area (Å²) in [6.07, 6.45) is 0. The third-order valence-electron chi connectivity index (χ3n) is 7.45. The van der Waals surface area contributed by atoms with Crippen molar-refractivity contribution in [1.82, 2.24) is 15.0 Å². The van der Waals surface area contributed by atoms with Gasteiger partial charge in [-0.25, -0.2) is 15.0 Å². The fourth-order valence-corrected chi connectivity index (χ4v) is 5.75. The molecule has 0 aliphatic heterocycles. The maximum atomic E-state index is 5.06. The highest BCUT2D eigenvalue weighted by Gasteiger charge is 2.25. The van der Waals surface area contributed by atoms with Crippen LogP contribution in [0.3, 0.4) is 0 Å². The van der Waals surface area contributed by atoms with Crippen LogP contribution >= 0.6 is 0 Å². The van der Waals surface area contributed by atoms with E-state index in [1.165, 1.54) is 43.8 Å². The Morgan fingerprint density at radius 3 is 1.55 bits per heavy atom. The van der Waals surface area contributed by atoms with Crippen LogP contribution in [-0.4, -0.2) is 15.0 Å². The largest absolute Gasteiger partial charge is 0.208 e. The number of fused-ring (bicyclic) bond motifs is 5. The molecule has 3 heteroatoms. The monoisotopic (exact) mass is 483 g/mol. The molecule has 38 heavy (non-hydrogen) atoms. The second-order valence-electron chi connectivity index (χ2n) is 9.64. The average Bonchev–Trinajstić information content (AvgIpc) is 3.32. The predicted octanol–water partition coefficient (Wildman–Crippen LogP) is 8.83. The van der Waals surface area contributed by atoms with Gasteiger partial charge in [-0.1, -0.05) is 115 Å². The molecule has 0 amide bonds.